The molecule has 0 bridgehead atoms. The second-order valence-corrected chi connectivity index (χ2v) is 5.19. The van der Waals surface area contributed by atoms with Crippen LogP contribution in [0.2, 0.25) is 0 Å². The maximum atomic E-state index is 12.0. The third kappa shape index (κ3) is 1.65. The van der Waals surface area contributed by atoms with Crippen LogP contribution in [0.5, 0.6) is 0 Å². The summed E-state index contributed by atoms with van der Waals surface area (Å²) in [6.07, 6.45) is 4.70. The summed E-state index contributed by atoms with van der Waals surface area (Å²) in [6.45, 7) is 1.98. The Morgan fingerprint density at radius 2 is 2.18 bits per heavy atom. The van der Waals surface area contributed by atoms with Crippen LogP contribution < -0.4 is 5.73 Å². The molecule has 0 radical (unpaired) electrons. The summed E-state index contributed by atoms with van der Waals surface area (Å²) in [7, 11) is 1.90. The molecule has 2 unspecified atom stereocenters. The van der Waals surface area contributed by atoms with E-state index in [0.717, 1.165) is 24.1 Å². The molecule has 1 aliphatic heterocycles. The van der Waals surface area contributed by atoms with Gasteiger partial charge in [0.15, 0.2) is 0 Å². The highest BCUT2D eigenvalue weighted by molar-refractivity contribution is 5.81. The van der Waals surface area contributed by atoms with Crippen molar-refractivity contribution in [3.8, 4) is 0 Å². The van der Waals surface area contributed by atoms with Crippen molar-refractivity contribution < 1.29 is 4.79 Å². The number of likely N-dealkylation sites (tertiary alicyclic amines) is 1. The Balaban J connectivity index is 1.99. The molecule has 1 aliphatic carbocycles. The van der Waals surface area contributed by atoms with E-state index >= 15 is 0 Å². The third-order valence-corrected chi connectivity index (χ3v) is 3.71. The van der Waals surface area contributed by atoms with Gasteiger partial charge >= 0.3 is 0 Å². The molecule has 1 saturated heterocycles. The van der Waals surface area contributed by atoms with Crippen molar-refractivity contribution in [1.82, 2.24) is 14.7 Å². The van der Waals surface area contributed by atoms with Crippen LogP contribution in [-0.2, 0) is 11.8 Å². The lowest BCUT2D eigenvalue weighted by molar-refractivity contribution is -0.129. The molecule has 1 amide bonds. The van der Waals surface area contributed by atoms with Gasteiger partial charge in [0.2, 0.25) is 5.91 Å². The first-order chi connectivity index (χ1) is 8.08. The van der Waals surface area contributed by atoms with Gasteiger partial charge in [0, 0.05) is 37.3 Å². The van der Waals surface area contributed by atoms with Gasteiger partial charge in [0.05, 0.1) is 11.7 Å². The summed E-state index contributed by atoms with van der Waals surface area (Å²) in [6, 6.07) is 0.357. The standard InChI is InChI=1S/C12H18N4O/c1-7-9(6-15(2)14-7)12-10(13)5-11(17)16(12)8-3-4-8/h6,8,10,12H,3-5,13H2,1-2H3. The van der Waals surface area contributed by atoms with Crippen molar-refractivity contribution >= 4 is 5.91 Å². The van der Waals surface area contributed by atoms with Crippen LogP contribution >= 0.6 is 0 Å². The molecule has 92 valence electrons. The highest BCUT2D eigenvalue weighted by Gasteiger charge is 2.46. The van der Waals surface area contributed by atoms with E-state index in [1.54, 1.807) is 4.68 Å². The topological polar surface area (TPSA) is 64.2 Å². The molecule has 0 aromatic carbocycles. The lowest BCUT2D eigenvalue weighted by Gasteiger charge is -2.26. The fourth-order valence-corrected chi connectivity index (χ4v) is 2.85. The summed E-state index contributed by atoms with van der Waals surface area (Å²) >= 11 is 0. The fraction of sp³-hybridized carbons (Fsp3) is 0.667. The Bertz CT molecular complexity index is 463. The Labute approximate surface area is 101 Å². The van der Waals surface area contributed by atoms with Crippen LogP contribution in [-0.4, -0.2) is 32.7 Å². The lowest BCUT2D eigenvalue weighted by Crippen LogP contribution is -2.34. The number of rotatable bonds is 2. The number of nitrogens with zero attached hydrogens (tertiary/aromatic N) is 3. The van der Waals surface area contributed by atoms with Crippen molar-refractivity contribution in [1.29, 1.82) is 0 Å². The Hall–Kier alpha value is -1.36. The first-order valence-corrected chi connectivity index (χ1v) is 6.15. The largest absolute Gasteiger partial charge is 0.331 e. The Morgan fingerprint density at radius 3 is 2.71 bits per heavy atom. The van der Waals surface area contributed by atoms with Crippen molar-refractivity contribution in [3.05, 3.63) is 17.5 Å². The number of carbonyl (C=O) groups is 1. The normalized spacial score (nSPS) is 29.1. The average Bonchev–Trinajstić information content (AvgIpc) is 2.95. The van der Waals surface area contributed by atoms with Crippen LogP contribution in [0.15, 0.2) is 6.20 Å². The predicted molar refractivity (Wildman–Crippen MR) is 63.1 cm³/mol. The zero-order valence-electron chi connectivity index (χ0n) is 10.3. The minimum Gasteiger partial charge on any atom is -0.331 e. The highest BCUT2D eigenvalue weighted by Crippen LogP contribution is 2.41. The Morgan fingerprint density at radius 1 is 1.47 bits per heavy atom. The number of carbonyl (C=O) groups excluding carboxylic acids is 1. The zero-order valence-corrected chi connectivity index (χ0v) is 10.3. The number of nitrogens with two attached hydrogens (primary N) is 1. The SMILES string of the molecule is Cc1nn(C)cc1C1C(N)CC(=O)N1C1CC1. The molecule has 17 heavy (non-hydrogen) atoms. The highest BCUT2D eigenvalue weighted by atomic mass is 16.2. The van der Waals surface area contributed by atoms with Crippen molar-refractivity contribution in [2.24, 2.45) is 12.8 Å². The molecule has 2 aliphatic rings. The quantitative estimate of drug-likeness (QED) is 0.810. The molecule has 1 aromatic heterocycles. The second kappa shape index (κ2) is 3.57. The van der Waals surface area contributed by atoms with Gasteiger partial charge < -0.3 is 10.6 Å². The third-order valence-electron chi connectivity index (χ3n) is 3.71. The molecule has 0 spiro atoms. The summed E-state index contributed by atoms with van der Waals surface area (Å²) in [5, 5.41) is 4.35. The molecule has 3 rings (SSSR count). The van der Waals surface area contributed by atoms with Crippen LogP contribution in [0, 0.1) is 6.92 Å². The predicted octanol–water partition coefficient (Wildman–Crippen LogP) is 0.492. The van der Waals surface area contributed by atoms with E-state index in [2.05, 4.69) is 5.10 Å². The molecule has 2 atom stereocenters. The van der Waals surface area contributed by atoms with Gasteiger partial charge in [-0.3, -0.25) is 9.48 Å². The number of hydrogen-bond donors (Lipinski definition) is 1. The van der Waals surface area contributed by atoms with Gasteiger partial charge in [0.25, 0.3) is 0 Å². The second-order valence-electron chi connectivity index (χ2n) is 5.19. The van der Waals surface area contributed by atoms with E-state index in [1.165, 1.54) is 0 Å². The van der Waals surface area contributed by atoms with Crippen molar-refractivity contribution in [2.75, 3.05) is 0 Å². The smallest absolute Gasteiger partial charge is 0.225 e. The van der Waals surface area contributed by atoms with Crippen LogP contribution in [0.25, 0.3) is 0 Å². The molecule has 2 fully saturated rings. The number of amides is 1. The minimum atomic E-state index is -0.0917. The van der Waals surface area contributed by atoms with Crippen molar-refractivity contribution in [3.63, 3.8) is 0 Å². The molecule has 2 N–H and O–H groups in total. The van der Waals surface area contributed by atoms with Gasteiger partial charge in [-0.25, -0.2) is 0 Å². The van der Waals surface area contributed by atoms with Crippen LogP contribution in [0.4, 0.5) is 0 Å². The van der Waals surface area contributed by atoms with E-state index in [-0.39, 0.29) is 18.0 Å². The van der Waals surface area contributed by atoms with Crippen molar-refractivity contribution in [2.45, 2.75) is 44.3 Å². The van der Waals surface area contributed by atoms with Gasteiger partial charge in [-0.05, 0) is 19.8 Å². The molecule has 2 heterocycles. The maximum Gasteiger partial charge on any atom is 0.225 e. The van der Waals surface area contributed by atoms with Gasteiger partial charge in [0.1, 0.15) is 0 Å². The van der Waals surface area contributed by atoms with Gasteiger partial charge in [-0.2, -0.15) is 5.10 Å². The van der Waals surface area contributed by atoms with E-state index in [0.29, 0.717) is 12.5 Å². The molecular formula is C12H18N4O. The minimum absolute atomic E-state index is 0.0312. The van der Waals surface area contributed by atoms with E-state index in [4.69, 9.17) is 5.73 Å². The molecule has 1 saturated carbocycles. The average molecular weight is 234 g/mol. The van der Waals surface area contributed by atoms with E-state index in [9.17, 15) is 4.79 Å². The monoisotopic (exact) mass is 234 g/mol. The summed E-state index contributed by atoms with van der Waals surface area (Å²) in [5.41, 5.74) is 8.22. The molecule has 5 nitrogen and oxygen atoms in total. The first-order valence-electron chi connectivity index (χ1n) is 6.15. The van der Waals surface area contributed by atoms with Crippen LogP contribution in [0.3, 0.4) is 0 Å². The number of aromatic nitrogens is 2. The maximum absolute atomic E-state index is 12.0. The zero-order chi connectivity index (χ0) is 12.2. The molecule has 1 aromatic rings. The summed E-state index contributed by atoms with van der Waals surface area (Å²) in [5.74, 6) is 0.202. The van der Waals surface area contributed by atoms with E-state index in [1.807, 2.05) is 25.1 Å². The van der Waals surface area contributed by atoms with Gasteiger partial charge in [-0.15, -0.1) is 0 Å². The number of hydrogen-bond acceptors (Lipinski definition) is 3. The Kier molecular flexibility index (Phi) is 2.26. The first kappa shape index (κ1) is 10.8. The van der Waals surface area contributed by atoms with E-state index < -0.39 is 0 Å². The van der Waals surface area contributed by atoms with Gasteiger partial charge in [-0.1, -0.05) is 0 Å². The summed E-state index contributed by atoms with van der Waals surface area (Å²) in [4.78, 5) is 14.0. The fourth-order valence-electron chi connectivity index (χ4n) is 2.85. The van der Waals surface area contributed by atoms with Crippen LogP contribution in [0.1, 0.15) is 36.6 Å². The molecular weight excluding hydrogens is 216 g/mol. The number of aryl methyl sites for hydroxylation is 2. The molecule has 5 heteroatoms. The lowest BCUT2D eigenvalue weighted by atomic mass is 10.0. The summed E-state index contributed by atoms with van der Waals surface area (Å²) < 4.78 is 1.80.